The van der Waals surface area contributed by atoms with Gasteiger partial charge in [-0.2, -0.15) is 0 Å². The van der Waals surface area contributed by atoms with Gasteiger partial charge in [-0.05, 0) is 55.9 Å². The van der Waals surface area contributed by atoms with Crippen LogP contribution in [0.1, 0.15) is 78.4 Å². The van der Waals surface area contributed by atoms with Gasteiger partial charge >= 0.3 is 12.1 Å². The molecule has 1 heterocycles. The van der Waals surface area contributed by atoms with Gasteiger partial charge in [-0.15, -0.1) is 0 Å². The molecule has 1 aromatic carbocycles. The van der Waals surface area contributed by atoms with Crippen LogP contribution in [0.15, 0.2) is 42.7 Å². The van der Waals surface area contributed by atoms with E-state index < -0.39 is 17.6 Å². The number of rotatable bonds is 9. The van der Waals surface area contributed by atoms with Crippen LogP contribution in [0.2, 0.25) is 0 Å². The molecule has 0 fully saturated rings. The van der Waals surface area contributed by atoms with Gasteiger partial charge < -0.3 is 14.8 Å². The summed E-state index contributed by atoms with van der Waals surface area (Å²) in [6.45, 7) is 13.5. The monoisotopic (exact) mass is 482 g/mol. The molecule has 0 bridgehead atoms. The Hall–Kier alpha value is -3.22. The summed E-state index contributed by atoms with van der Waals surface area (Å²) >= 11 is 0. The minimum Gasteiger partial charge on any atom is -0.466 e. The Bertz CT molecular complexity index is 1020. The Labute approximate surface area is 208 Å². The number of alkyl carbamates (subject to hydrolysis) is 1. The van der Waals surface area contributed by atoms with Crippen molar-refractivity contribution >= 4 is 17.8 Å². The van der Waals surface area contributed by atoms with Crippen LogP contribution in [-0.4, -0.2) is 41.6 Å². The molecule has 1 aromatic heterocycles. The van der Waals surface area contributed by atoms with Crippen molar-refractivity contribution in [2.75, 3.05) is 13.2 Å². The predicted molar refractivity (Wildman–Crippen MR) is 136 cm³/mol. The van der Waals surface area contributed by atoms with E-state index in [1.807, 2.05) is 18.2 Å². The average Bonchev–Trinajstić information content (AvgIpc) is 2.76. The number of ether oxygens (including phenoxy) is 2. The quantitative estimate of drug-likeness (QED) is 0.470. The number of nitrogens with zero attached hydrogens (tertiary/aromatic N) is 1. The van der Waals surface area contributed by atoms with E-state index in [1.54, 1.807) is 40.1 Å². The summed E-state index contributed by atoms with van der Waals surface area (Å²) in [6, 6.07) is 10.0. The summed E-state index contributed by atoms with van der Waals surface area (Å²) < 4.78 is 10.4. The summed E-state index contributed by atoms with van der Waals surface area (Å²) in [5, 5.41) is 2.51. The van der Waals surface area contributed by atoms with E-state index in [4.69, 9.17) is 9.47 Å². The molecule has 190 valence electrons. The Morgan fingerprint density at radius 1 is 1.00 bits per heavy atom. The number of carbonyl (C=O) groups excluding carboxylic acids is 3. The van der Waals surface area contributed by atoms with E-state index in [-0.39, 0.29) is 43.2 Å². The van der Waals surface area contributed by atoms with Crippen molar-refractivity contribution in [3.05, 3.63) is 53.9 Å². The number of amides is 1. The maximum Gasteiger partial charge on any atom is 0.408 e. The summed E-state index contributed by atoms with van der Waals surface area (Å²) in [5.41, 5.74) is 3.07. The second kappa shape index (κ2) is 12.0. The molecule has 7 heteroatoms. The number of pyridine rings is 1. The van der Waals surface area contributed by atoms with Crippen molar-refractivity contribution < 1.29 is 23.9 Å². The third kappa shape index (κ3) is 9.51. The van der Waals surface area contributed by atoms with Crippen molar-refractivity contribution in [2.24, 2.45) is 0 Å². The van der Waals surface area contributed by atoms with E-state index in [0.717, 1.165) is 22.3 Å². The van der Waals surface area contributed by atoms with E-state index >= 15 is 0 Å². The van der Waals surface area contributed by atoms with Crippen LogP contribution in [0.4, 0.5) is 4.79 Å². The largest absolute Gasteiger partial charge is 0.466 e. The zero-order chi connectivity index (χ0) is 26.2. The fourth-order valence-corrected chi connectivity index (χ4v) is 3.58. The zero-order valence-electron chi connectivity index (χ0n) is 21.9. The second-order valence-corrected chi connectivity index (χ2v) is 10.6. The minimum atomic E-state index is -0.657. The molecule has 1 N–H and O–H groups in total. The highest BCUT2D eigenvalue weighted by atomic mass is 16.6. The van der Waals surface area contributed by atoms with Crippen LogP contribution in [0.5, 0.6) is 0 Å². The van der Waals surface area contributed by atoms with E-state index in [1.165, 1.54) is 0 Å². The molecule has 0 aliphatic heterocycles. The van der Waals surface area contributed by atoms with Crippen molar-refractivity contribution in [2.45, 2.75) is 78.2 Å². The lowest BCUT2D eigenvalue weighted by Gasteiger charge is -2.24. The Morgan fingerprint density at radius 2 is 1.71 bits per heavy atom. The molecule has 0 unspecified atom stereocenters. The zero-order valence-corrected chi connectivity index (χ0v) is 21.9. The van der Waals surface area contributed by atoms with Crippen molar-refractivity contribution in [3.8, 4) is 11.1 Å². The van der Waals surface area contributed by atoms with Gasteiger partial charge in [-0.1, -0.05) is 45.0 Å². The van der Waals surface area contributed by atoms with Crippen molar-refractivity contribution in [1.82, 2.24) is 10.3 Å². The van der Waals surface area contributed by atoms with Gasteiger partial charge in [-0.25, -0.2) is 4.79 Å². The Kier molecular flexibility index (Phi) is 9.57. The van der Waals surface area contributed by atoms with E-state index in [2.05, 4.69) is 43.2 Å². The summed E-state index contributed by atoms with van der Waals surface area (Å²) in [5.74, 6) is -0.969. The number of hydrogen-bond acceptors (Lipinski definition) is 6. The number of ketones is 1. The number of benzene rings is 1. The molecule has 0 radical (unpaired) electrons. The minimum absolute atomic E-state index is 0.0616. The van der Waals surface area contributed by atoms with Gasteiger partial charge in [0.15, 0.2) is 5.78 Å². The van der Waals surface area contributed by atoms with Crippen molar-refractivity contribution in [3.63, 3.8) is 0 Å². The van der Waals surface area contributed by atoms with Crippen LogP contribution >= 0.6 is 0 Å². The highest BCUT2D eigenvalue weighted by Gasteiger charge is 2.25. The van der Waals surface area contributed by atoms with Crippen LogP contribution in [0.25, 0.3) is 11.1 Å². The van der Waals surface area contributed by atoms with Gasteiger partial charge in [0, 0.05) is 30.3 Å². The maximum absolute atomic E-state index is 12.8. The number of esters is 1. The van der Waals surface area contributed by atoms with Crippen LogP contribution in [-0.2, 0) is 24.5 Å². The third-order valence-corrected chi connectivity index (χ3v) is 5.31. The summed E-state index contributed by atoms with van der Waals surface area (Å²) in [6.07, 6.45) is 3.00. The maximum atomic E-state index is 12.8. The molecular weight excluding hydrogens is 444 g/mol. The van der Waals surface area contributed by atoms with Gasteiger partial charge in [0.25, 0.3) is 0 Å². The standard InChI is InChI=1S/C28H38N2O5/c1-8-34-25(32)16-22(15-24(31)18-30-26(33)35-28(5,6)7)21-12-20(19-10-9-11-29-17-19)13-23(14-21)27(2,3)4/h9-14,17,22H,8,15-16,18H2,1-7H3,(H,30,33)/t22-/m0/s1. The van der Waals surface area contributed by atoms with Gasteiger partial charge in [-0.3, -0.25) is 14.6 Å². The first-order valence-corrected chi connectivity index (χ1v) is 12.0. The molecule has 2 aromatic rings. The molecule has 0 aliphatic carbocycles. The third-order valence-electron chi connectivity index (χ3n) is 5.31. The molecule has 1 amide bonds. The molecule has 2 rings (SSSR count). The Morgan fingerprint density at radius 3 is 2.29 bits per heavy atom. The second-order valence-electron chi connectivity index (χ2n) is 10.6. The number of aromatic nitrogens is 1. The Balaban J connectivity index is 2.36. The van der Waals surface area contributed by atoms with Gasteiger partial charge in [0.05, 0.1) is 19.6 Å². The molecule has 7 nitrogen and oxygen atoms in total. The lowest BCUT2D eigenvalue weighted by Crippen LogP contribution is -2.35. The lowest BCUT2D eigenvalue weighted by molar-refractivity contribution is -0.143. The van der Waals surface area contributed by atoms with Gasteiger partial charge in [0.2, 0.25) is 0 Å². The first-order valence-electron chi connectivity index (χ1n) is 12.0. The topological polar surface area (TPSA) is 94.6 Å². The lowest BCUT2D eigenvalue weighted by atomic mass is 9.81. The fraction of sp³-hybridized carbons (Fsp3) is 0.500. The van der Waals surface area contributed by atoms with E-state index in [9.17, 15) is 14.4 Å². The molecule has 35 heavy (non-hydrogen) atoms. The fourth-order valence-electron chi connectivity index (χ4n) is 3.58. The normalized spacial score (nSPS) is 12.5. The number of carbonyl (C=O) groups is 3. The summed E-state index contributed by atoms with van der Waals surface area (Å²) in [4.78, 5) is 41.5. The highest BCUT2D eigenvalue weighted by molar-refractivity contribution is 5.85. The smallest absolute Gasteiger partial charge is 0.408 e. The molecule has 0 saturated heterocycles. The molecule has 0 saturated carbocycles. The van der Waals surface area contributed by atoms with Crippen LogP contribution in [0.3, 0.4) is 0 Å². The van der Waals surface area contributed by atoms with Crippen LogP contribution < -0.4 is 5.32 Å². The molecule has 1 atom stereocenters. The average molecular weight is 483 g/mol. The number of nitrogens with one attached hydrogen (secondary N) is 1. The molecule has 0 spiro atoms. The van der Waals surface area contributed by atoms with Gasteiger partial charge in [0.1, 0.15) is 5.60 Å². The highest BCUT2D eigenvalue weighted by Crippen LogP contribution is 2.34. The first-order chi connectivity index (χ1) is 16.3. The number of Topliss-reactive ketones (excluding diaryl/α,β-unsaturated/α-hetero) is 1. The van der Waals surface area contributed by atoms with Crippen LogP contribution in [0, 0.1) is 0 Å². The predicted octanol–water partition coefficient (Wildman–Crippen LogP) is 5.57. The van der Waals surface area contributed by atoms with E-state index in [0.29, 0.717) is 0 Å². The SMILES string of the molecule is CCOC(=O)C[C@H](CC(=O)CNC(=O)OC(C)(C)C)c1cc(-c2cccnc2)cc(C(C)(C)C)c1. The van der Waals surface area contributed by atoms with Crippen molar-refractivity contribution in [1.29, 1.82) is 0 Å². The summed E-state index contributed by atoms with van der Waals surface area (Å²) in [7, 11) is 0. The first kappa shape index (κ1) is 28.0. The molecule has 0 aliphatic rings. The molecular formula is C28H38N2O5. The number of hydrogen-bond donors (Lipinski definition) is 1.